The molecule has 0 saturated heterocycles. The number of hydrogen-bond donors (Lipinski definition) is 1. The van der Waals surface area contributed by atoms with Gasteiger partial charge in [0.25, 0.3) is 0 Å². The molecule has 7 nitrogen and oxygen atoms in total. The molecular weight excluding hydrogens is 234 g/mol. The molecule has 1 aromatic rings. The molecule has 1 rings (SSSR count). The summed E-state index contributed by atoms with van der Waals surface area (Å²) in [6, 6.07) is 0. The van der Waals surface area contributed by atoms with Crippen LogP contribution in [0.1, 0.15) is 39.9 Å². The normalized spacial score (nSPS) is 12.1. The lowest BCUT2D eigenvalue weighted by molar-refractivity contribution is -0.140. The number of carboxylic acid groups (broad SMARTS) is 1. The number of carboxylic acids is 1. The topological polar surface area (TPSA) is 84.1 Å². The van der Waals surface area contributed by atoms with Crippen LogP contribution in [0, 0.1) is 0 Å². The second-order valence-corrected chi connectivity index (χ2v) is 5.24. The Bertz CT molecular complexity index is 396. The number of aryl methyl sites for hydroxylation is 1. The maximum absolute atomic E-state index is 10.9. The highest BCUT2D eigenvalue weighted by Gasteiger charge is 2.25. The van der Waals surface area contributed by atoms with Gasteiger partial charge in [-0.2, -0.15) is 0 Å². The van der Waals surface area contributed by atoms with Crippen molar-refractivity contribution in [2.75, 3.05) is 6.54 Å². The molecule has 1 heterocycles. The molecule has 102 valence electrons. The molecule has 1 aromatic heterocycles. The van der Waals surface area contributed by atoms with Crippen molar-refractivity contribution in [2.24, 2.45) is 0 Å². The molecule has 7 heteroatoms. The van der Waals surface area contributed by atoms with Crippen LogP contribution in [0.15, 0.2) is 0 Å². The Hall–Kier alpha value is -1.50. The van der Waals surface area contributed by atoms with E-state index >= 15 is 0 Å². The largest absolute Gasteiger partial charge is 0.480 e. The number of rotatable bonds is 6. The predicted molar refractivity (Wildman–Crippen MR) is 65.9 cm³/mol. The lowest BCUT2D eigenvalue weighted by Crippen LogP contribution is -2.44. The highest BCUT2D eigenvalue weighted by atomic mass is 16.4. The van der Waals surface area contributed by atoms with E-state index in [1.54, 1.807) is 4.68 Å². The molecule has 18 heavy (non-hydrogen) atoms. The van der Waals surface area contributed by atoms with Gasteiger partial charge in [-0.05, 0) is 37.6 Å². The average molecular weight is 255 g/mol. The summed E-state index contributed by atoms with van der Waals surface area (Å²) in [5, 5.41) is 20.5. The Morgan fingerprint density at radius 1 is 1.44 bits per heavy atom. The van der Waals surface area contributed by atoms with Gasteiger partial charge in [-0.1, -0.05) is 6.92 Å². The van der Waals surface area contributed by atoms with E-state index in [1.165, 1.54) is 0 Å². The van der Waals surface area contributed by atoms with Gasteiger partial charge in [0.2, 0.25) is 0 Å². The van der Waals surface area contributed by atoms with Crippen molar-refractivity contribution in [1.82, 2.24) is 25.1 Å². The molecule has 0 saturated carbocycles. The number of tetrazole rings is 1. The van der Waals surface area contributed by atoms with Crippen molar-refractivity contribution in [3.63, 3.8) is 0 Å². The molecule has 0 fully saturated rings. The molecular formula is C11H21N5O2. The van der Waals surface area contributed by atoms with E-state index < -0.39 is 5.97 Å². The van der Waals surface area contributed by atoms with Crippen LogP contribution in [0.4, 0.5) is 0 Å². The van der Waals surface area contributed by atoms with Crippen LogP contribution >= 0.6 is 0 Å². The zero-order chi connectivity index (χ0) is 13.8. The average Bonchev–Trinajstić information content (AvgIpc) is 2.63. The quantitative estimate of drug-likeness (QED) is 0.808. The second kappa shape index (κ2) is 5.90. The summed E-state index contributed by atoms with van der Waals surface area (Å²) in [6.45, 7) is 9.13. The third kappa shape index (κ3) is 4.06. The Balaban J connectivity index is 2.82. The van der Waals surface area contributed by atoms with Crippen LogP contribution in [0.5, 0.6) is 0 Å². The van der Waals surface area contributed by atoms with Gasteiger partial charge < -0.3 is 5.11 Å². The summed E-state index contributed by atoms with van der Waals surface area (Å²) < 4.78 is 1.72. The van der Waals surface area contributed by atoms with Crippen molar-refractivity contribution in [3.8, 4) is 0 Å². The molecule has 0 bridgehead atoms. The molecule has 0 amide bonds. The minimum Gasteiger partial charge on any atom is -0.480 e. The molecule has 0 aliphatic carbocycles. The van der Waals surface area contributed by atoms with Gasteiger partial charge in [0, 0.05) is 12.1 Å². The number of nitrogens with zero attached hydrogens (tertiary/aromatic N) is 5. The molecule has 0 atom stereocenters. The summed E-state index contributed by atoms with van der Waals surface area (Å²) in [6.07, 6.45) is 0.937. The minimum absolute atomic E-state index is 0.0253. The Morgan fingerprint density at radius 3 is 2.61 bits per heavy atom. The summed E-state index contributed by atoms with van der Waals surface area (Å²) in [5.74, 6) is -0.146. The summed E-state index contributed by atoms with van der Waals surface area (Å²) in [4.78, 5) is 12.7. The summed E-state index contributed by atoms with van der Waals surface area (Å²) in [5.41, 5.74) is -0.249. The van der Waals surface area contributed by atoms with Crippen LogP contribution in [0.3, 0.4) is 0 Å². The maximum atomic E-state index is 10.9. The number of hydrogen-bond acceptors (Lipinski definition) is 5. The first kappa shape index (κ1) is 14.6. The van der Waals surface area contributed by atoms with Crippen LogP contribution in [-0.2, 0) is 17.9 Å². The monoisotopic (exact) mass is 255 g/mol. The van der Waals surface area contributed by atoms with Crippen LogP contribution in [0.25, 0.3) is 0 Å². The zero-order valence-electron chi connectivity index (χ0n) is 11.4. The first-order valence-corrected chi connectivity index (χ1v) is 6.06. The fourth-order valence-corrected chi connectivity index (χ4v) is 1.59. The minimum atomic E-state index is -0.848. The van der Waals surface area contributed by atoms with E-state index in [2.05, 4.69) is 15.5 Å². The van der Waals surface area contributed by atoms with E-state index in [9.17, 15) is 4.79 Å². The highest BCUT2D eigenvalue weighted by molar-refractivity contribution is 5.69. The third-order valence-electron chi connectivity index (χ3n) is 2.65. The molecule has 0 spiro atoms. The maximum Gasteiger partial charge on any atom is 0.317 e. The van der Waals surface area contributed by atoms with Gasteiger partial charge in [0.05, 0.1) is 13.1 Å². The Labute approximate surface area is 107 Å². The van der Waals surface area contributed by atoms with Gasteiger partial charge in [0.15, 0.2) is 5.82 Å². The number of aliphatic carboxylic acids is 1. The standard InChI is InChI=1S/C11H21N5O2/c1-5-6-16-9(12-13-14-16)7-15(8-10(17)18)11(2,3)4/h5-8H2,1-4H3,(H,17,18). The fourth-order valence-electron chi connectivity index (χ4n) is 1.59. The van der Waals surface area contributed by atoms with Crippen LogP contribution < -0.4 is 0 Å². The van der Waals surface area contributed by atoms with E-state index in [1.807, 2.05) is 32.6 Å². The van der Waals surface area contributed by atoms with Gasteiger partial charge in [-0.15, -0.1) is 5.10 Å². The van der Waals surface area contributed by atoms with Crippen LogP contribution in [-0.4, -0.2) is 48.3 Å². The SMILES string of the molecule is CCCn1nnnc1CN(CC(=O)O)C(C)(C)C. The van der Waals surface area contributed by atoms with Crippen molar-refractivity contribution in [2.45, 2.75) is 52.7 Å². The van der Waals surface area contributed by atoms with Crippen molar-refractivity contribution in [3.05, 3.63) is 5.82 Å². The Morgan fingerprint density at radius 2 is 2.11 bits per heavy atom. The third-order valence-corrected chi connectivity index (χ3v) is 2.65. The van der Waals surface area contributed by atoms with Crippen LogP contribution in [0.2, 0.25) is 0 Å². The second-order valence-electron chi connectivity index (χ2n) is 5.24. The first-order valence-electron chi connectivity index (χ1n) is 6.06. The molecule has 0 radical (unpaired) electrons. The number of aromatic nitrogens is 4. The fraction of sp³-hybridized carbons (Fsp3) is 0.818. The molecule has 1 N–H and O–H groups in total. The lowest BCUT2D eigenvalue weighted by atomic mass is 10.1. The van der Waals surface area contributed by atoms with E-state index in [-0.39, 0.29) is 12.1 Å². The van der Waals surface area contributed by atoms with E-state index in [4.69, 9.17) is 5.11 Å². The smallest absolute Gasteiger partial charge is 0.317 e. The molecule has 0 unspecified atom stereocenters. The van der Waals surface area contributed by atoms with Crippen molar-refractivity contribution >= 4 is 5.97 Å². The van der Waals surface area contributed by atoms with Gasteiger partial charge in [-0.25, -0.2) is 4.68 Å². The molecule has 0 aromatic carbocycles. The highest BCUT2D eigenvalue weighted by Crippen LogP contribution is 2.15. The molecule has 0 aliphatic heterocycles. The van der Waals surface area contributed by atoms with Crippen molar-refractivity contribution < 1.29 is 9.90 Å². The lowest BCUT2D eigenvalue weighted by Gasteiger charge is -2.33. The van der Waals surface area contributed by atoms with Gasteiger partial charge >= 0.3 is 5.97 Å². The first-order chi connectivity index (χ1) is 8.34. The summed E-state index contributed by atoms with van der Waals surface area (Å²) >= 11 is 0. The predicted octanol–water partition coefficient (Wildman–Crippen LogP) is 0.768. The van der Waals surface area contributed by atoms with E-state index in [0.717, 1.165) is 13.0 Å². The van der Waals surface area contributed by atoms with E-state index in [0.29, 0.717) is 12.4 Å². The zero-order valence-corrected chi connectivity index (χ0v) is 11.4. The van der Waals surface area contributed by atoms with Gasteiger partial charge in [0.1, 0.15) is 0 Å². The number of carbonyl (C=O) groups is 1. The van der Waals surface area contributed by atoms with Gasteiger partial charge in [-0.3, -0.25) is 9.69 Å². The van der Waals surface area contributed by atoms with Crippen molar-refractivity contribution in [1.29, 1.82) is 0 Å². The Kier molecular flexibility index (Phi) is 4.77. The summed E-state index contributed by atoms with van der Waals surface area (Å²) in [7, 11) is 0. The molecule has 0 aliphatic rings.